The van der Waals surface area contributed by atoms with E-state index in [-0.39, 0.29) is 12.3 Å². The van der Waals surface area contributed by atoms with Crippen molar-refractivity contribution in [2.45, 2.75) is 37.7 Å². The standard InChI is InChI=1S/C25H25Cl2NO3S/c1-4-32(30)23-11-5-17(6-12-23)13-24(29)28-21-7-9-22(10-8-21)31-25(2,3)18-14-19(26)16-20(27)15-18/h5-12,14-16H,4,13H2,1-3H3,(H,28,29). The van der Waals surface area contributed by atoms with Crippen LogP contribution in [0.3, 0.4) is 0 Å². The van der Waals surface area contributed by atoms with E-state index in [2.05, 4.69) is 5.32 Å². The van der Waals surface area contributed by atoms with Crippen molar-refractivity contribution in [3.63, 3.8) is 0 Å². The first-order valence-electron chi connectivity index (χ1n) is 10.2. The molecule has 3 rings (SSSR count). The van der Waals surface area contributed by atoms with Gasteiger partial charge in [-0.3, -0.25) is 9.00 Å². The lowest BCUT2D eigenvalue weighted by molar-refractivity contribution is -0.115. The molecule has 3 aromatic rings. The van der Waals surface area contributed by atoms with Crippen molar-refractivity contribution >= 4 is 45.6 Å². The Morgan fingerprint density at radius 2 is 1.56 bits per heavy atom. The molecule has 0 radical (unpaired) electrons. The average molecular weight is 490 g/mol. The topological polar surface area (TPSA) is 55.4 Å². The zero-order valence-corrected chi connectivity index (χ0v) is 20.5. The van der Waals surface area contributed by atoms with Gasteiger partial charge in [-0.25, -0.2) is 0 Å². The van der Waals surface area contributed by atoms with Crippen LogP contribution < -0.4 is 10.1 Å². The summed E-state index contributed by atoms with van der Waals surface area (Å²) in [6.45, 7) is 5.75. The van der Waals surface area contributed by atoms with Gasteiger partial charge >= 0.3 is 0 Å². The second kappa shape index (κ2) is 10.5. The van der Waals surface area contributed by atoms with Gasteiger partial charge in [0.1, 0.15) is 11.4 Å². The van der Waals surface area contributed by atoms with Gasteiger partial charge in [-0.2, -0.15) is 0 Å². The largest absolute Gasteiger partial charge is 0.483 e. The third kappa shape index (κ3) is 6.58. The molecule has 1 atom stereocenters. The molecule has 0 aliphatic heterocycles. The van der Waals surface area contributed by atoms with E-state index in [0.29, 0.717) is 27.2 Å². The molecule has 4 nitrogen and oxygen atoms in total. The van der Waals surface area contributed by atoms with Crippen molar-refractivity contribution in [3.05, 3.63) is 87.9 Å². The highest BCUT2D eigenvalue weighted by atomic mass is 35.5. The number of hydrogen-bond acceptors (Lipinski definition) is 3. The van der Waals surface area contributed by atoms with Crippen LogP contribution in [0.25, 0.3) is 0 Å². The van der Waals surface area contributed by atoms with Crippen molar-refractivity contribution in [2.24, 2.45) is 0 Å². The average Bonchev–Trinajstić information content (AvgIpc) is 2.74. The summed E-state index contributed by atoms with van der Waals surface area (Å²) in [5.41, 5.74) is 1.75. The van der Waals surface area contributed by atoms with Crippen LogP contribution in [0.1, 0.15) is 31.9 Å². The van der Waals surface area contributed by atoms with Crippen LogP contribution >= 0.6 is 23.2 Å². The van der Waals surface area contributed by atoms with Crippen LogP contribution in [0, 0.1) is 0 Å². The van der Waals surface area contributed by atoms with Gasteiger partial charge in [0.25, 0.3) is 0 Å². The first kappa shape index (κ1) is 24.3. The lowest BCUT2D eigenvalue weighted by Crippen LogP contribution is -2.25. The normalized spacial score (nSPS) is 12.3. The minimum atomic E-state index is -0.993. The van der Waals surface area contributed by atoms with Gasteiger partial charge in [0.05, 0.1) is 17.2 Å². The molecule has 0 heterocycles. The van der Waals surface area contributed by atoms with Crippen molar-refractivity contribution < 1.29 is 13.7 Å². The second-order valence-corrected chi connectivity index (χ2v) is 10.4. The molecular weight excluding hydrogens is 465 g/mol. The first-order valence-corrected chi connectivity index (χ1v) is 12.3. The summed E-state index contributed by atoms with van der Waals surface area (Å²) in [6.07, 6.45) is 0.236. The predicted molar refractivity (Wildman–Crippen MR) is 132 cm³/mol. The Morgan fingerprint density at radius 1 is 0.969 bits per heavy atom. The summed E-state index contributed by atoms with van der Waals surface area (Å²) in [5.74, 6) is 1.10. The van der Waals surface area contributed by atoms with E-state index in [0.717, 1.165) is 16.0 Å². The maximum atomic E-state index is 12.4. The number of benzene rings is 3. The number of carbonyl (C=O) groups excluding carboxylic acids is 1. The van der Waals surface area contributed by atoms with Crippen molar-refractivity contribution in [1.82, 2.24) is 0 Å². The molecular formula is C25H25Cl2NO3S. The minimum absolute atomic E-state index is 0.128. The molecule has 0 aromatic heterocycles. The molecule has 3 aromatic carbocycles. The Morgan fingerprint density at radius 3 is 2.12 bits per heavy atom. The third-order valence-electron chi connectivity index (χ3n) is 4.88. The number of amides is 1. The van der Waals surface area contributed by atoms with Crippen LogP contribution in [0.4, 0.5) is 5.69 Å². The van der Waals surface area contributed by atoms with Crippen LogP contribution in [0.5, 0.6) is 5.75 Å². The summed E-state index contributed by atoms with van der Waals surface area (Å²) in [6, 6.07) is 19.8. The fourth-order valence-electron chi connectivity index (χ4n) is 3.18. The predicted octanol–water partition coefficient (Wildman–Crippen LogP) is 6.62. The maximum absolute atomic E-state index is 12.4. The van der Waals surface area contributed by atoms with Crippen molar-refractivity contribution in [1.29, 1.82) is 0 Å². The van der Waals surface area contributed by atoms with Crippen LogP contribution in [-0.4, -0.2) is 15.9 Å². The lowest BCUT2D eigenvalue weighted by atomic mass is 9.98. The Bertz CT molecular complexity index is 1090. The van der Waals surface area contributed by atoms with E-state index in [1.54, 1.807) is 30.3 Å². The van der Waals surface area contributed by atoms with E-state index in [4.69, 9.17) is 27.9 Å². The SMILES string of the molecule is CCS(=O)c1ccc(CC(=O)Nc2ccc(OC(C)(C)c3cc(Cl)cc(Cl)c3)cc2)cc1. The molecule has 0 saturated heterocycles. The monoisotopic (exact) mass is 489 g/mol. The summed E-state index contributed by atoms with van der Waals surface area (Å²) < 4.78 is 18.0. The molecule has 7 heteroatoms. The Labute approximate surface area is 201 Å². The minimum Gasteiger partial charge on any atom is -0.483 e. The van der Waals surface area contributed by atoms with Gasteiger partial charge < -0.3 is 10.1 Å². The summed E-state index contributed by atoms with van der Waals surface area (Å²) in [7, 11) is -0.993. The lowest BCUT2D eigenvalue weighted by Gasteiger charge is -2.27. The number of halogens is 2. The molecule has 0 spiro atoms. The number of hydrogen-bond donors (Lipinski definition) is 1. The van der Waals surface area contributed by atoms with Crippen molar-refractivity contribution in [2.75, 3.05) is 11.1 Å². The highest BCUT2D eigenvalue weighted by Gasteiger charge is 2.23. The van der Waals surface area contributed by atoms with E-state index in [9.17, 15) is 9.00 Å². The van der Waals surface area contributed by atoms with Crippen LogP contribution in [0.15, 0.2) is 71.6 Å². The summed E-state index contributed by atoms with van der Waals surface area (Å²) in [5, 5.41) is 3.99. The molecule has 0 bridgehead atoms. The Kier molecular flexibility index (Phi) is 7.99. The zero-order chi connectivity index (χ0) is 23.3. The summed E-state index contributed by atoms with van der Waals surface area (Å²) >= 11 is 12.2. The maximum Gasteiger partial charge on any atom is 0.228 e. The van der Waals surface area contributed by atoms with E-state index in [1.165, 1.54) is 0 Å². The van der Waals surface area contributed by atoms with Gasteiger partial charge in [-0.15, -0.1) is 0 Å². The van der Waals surface area contributed by atoms with Crippen LogP contribution in [0.2, 0.25) is 10.0 Å². The first-order chi connectivity index (χ1) is 15.2. The highest BCUT2D eigenvalue weighted by Crippen LogP contribution is 2.32. The van der Waals surface area contributed by atoms with Gasteiger partial charge in [0.15, 0.2) is 0 Å². The van der Waals surface area contributed by atoms with Gasteiger partial charge in [0.2, 0.25) is 5.91 Å². The fraction of sp³-hybridized carbons (Fsp3) is 0.240. The second-order valence-electron chi connectivity index (χ2n) is 7.80. The fourth-order valence-corrected chi connectivity index (χ4v) is 4.48. The molecule has 32 heavy (non-hydrogen) atoms. The number of rotatable bonds is 8. The van der Waals surface area contributed by atoms with Crippen molar-refractivity contribution in [3.8, 4) is 5.75 Å². The molecule has 1 amide bonds. The Balaban J connectivity index is 1.60. The number of anilines is 1. The Hall–Kier alpha value is -2.34. The third-order valence-corrected chi connectivity index (χ3v) is 6.64. The quantitative estimate of drug-likeness (QED) is 0.386. The summed E-state index contributed by atoms with van der Waals surface area (Å²) in [4.78, 5) is 13.2. The van der Waals surface area contributed by atoms with Gasteiger partial charge in [0, 0.05) is 26.4 Å². The van der Waals surface area contributed by atoms with E-state index >= 15 is 0 Å². The van der Waals surface area contributed by atoms with Gasteiger partial charge in [-0.1, -0.05) is 42.3 Å². The van der Waals surface area contributed by atoms with Crippen LogP contribution in [-0.2, 0) is 27.6 Å². The smallest absolute Gasteiger partial charge is 0.228 e. The molecule has 1 N–H and O–H groups in total. The highest BCUT2D eigenvalue weighted by molar-refractivity contribution is 7.85. The molecule has 0 aliphatic rings. The number of nitrogens with one attached hydrogen (secondary N) is 1. The van der Waals surface area contributed by atoms with E-state index in [1.807, 2.05) is 57.2 Å². The molecule has 1 unspecified atom stereocenters. The van der Waals surface area contributed by atoms with E-state index < -0.39 is 16.4 Å². The number of ether oxygens (including phenoxy) is 1. The molecule has 0 fully saturated rings. The molecule has 0 aliphatic carbocycles. The molecule has 168 valence electrons. The van der Waals surface area contributed by atoms with Gasteiger partial charge in [-0.05, 0) is 79.6 Å². The number of carbonyl (C=O) groups is 1. The zero-order valence-electron chi connectivity index (χ0n) is 18.2. The molecule has 0 saturated carbocycles.